The Bertz CT molecular complexity index is 407. The summed E-state index contributed by atoms with van der Waals surface area (Å²) in [4.78, 5) is 0. The smallest absolute Gasteiger partial charge is 0.0190 e. The molecule has 1 aromatic rings. The monoisotopic (exact) mass is 272 g/mol. The highest BCUT2D eigenvalue weighted by atomic mass is 14.1. The molecule has 0 unspecified atom stereocenters. The van der Waals surface area contributed by atoms with E-state index in [4.69, 9.17) is 0 Å². The Morgan fingerprint density at radius 1 is 1.00 bits per heavy atom. The molecule has 112 valence electrons. The summed E-state index contributed by atoms with van der Waals surface area (Å²) in [6, 6.07) is 6.96. The Morgan fingerprint density at radius 2 is 1.60 bits per heavy atom. The number of aryl methyl sites for hydroxylation is 2. The van der Waals surface area contributed by atoms with E-state index in [9.17, 15) is 0 Å². The lowest BCUT2D eigenvalue weighted by Gasteiger charge is -2.16. The van der Waals surface area contributed by atoms with Crippen LogP contribution in [-0.4, -0.2) is 0 Å². The van der Waals surface area contributed by atoms with Crippen LogP contribution in [-0.2, 0) is 0 Å². The van der Waals surface area contributed by atoms with E-state index in [0.29, 0.717) is 5.92 Å². The number of hydrogen-bond acceptors (Lipinski definition) is 0. The van der Waals surface area contributed by atoms with E-state index in [0.717, 1.165) is 5.92 Å². The lowest BCUT2D eigenvalue weighted by atomic mass is 9.90. The van der Waals surface area contributed by atoms with Crippen molar-refractivity contribution in [3.8, 4) is 0 Å². The summed E-state index contributed by atoms with van der Waals surface area (Å²) in [5.41, 5.74) is 5.61. The van der Waals surface area contributed by atoms with E-state index in [1.54, 1.807) is 0 Å². The van der Waals surface area contributed by atoms with Crippen LogP contribution in [0.4, 0.5) is 0 Å². The summed E-state index contributed by atoms with van der Waals surface area (Å²) < 4.78 is 0. The number of hydrogen-bond donors (Lipinski definition) is 0. The second kappa shape index (κ2) is 8.29. The van der Waals surface area contributed by atoms with Crippen molar-refractivity contribution < 1.29 is 0 Å². The van der Waals surface area contributed by atoms with Gasteiger partial charge in [-0.15, -0.1) is 6.58 Å². The van der Waals surface area contributed by atoms with Crippen molar-refractivity contribution in [3.05, 3.63) is 47.0 Å². The first-order chi connectivity index (χ1) is 9.38. The summed E-state index contributed by atoms with van der Waals surface area (Å²) in [7, 11) is 0. The average Bonchev–Trinajstić information content (AvgIpc) is 2.35. The Hall–Kier alpha value is -1.04. The highest BCUT2D eigenvalue weighted by Crippen LogP contribution is 2.25. The number of rotatable bonds is 8. The minimum absolute atomic E-state index is 0.682. The molecule has 20 heavy (non-hydrogen) atoms. The third-order valence-electron chi connectivity index (χ3n) is 4.21. The molecule has 0 saturated carbocycles. The molecule has 0 amide bonds. The zero-order valence-corrected chi connectivity index (χ0v) is 14.1. The van der Waals surface area contributed by atoms with Gasteiger partial charge in [0.15, 0.2) is 0 Å². The Labute approximate surface area is 126 Å². The third kappa shape index (κ3) is 6.41. The van der Waals surface area contributed by atoms with Gasteiger partial charge in [0.05, 0.1) is 0 Å². The highest BCUT2D eigenvalue weighted by Gasteiger charge is 2.08. The first kappa shape index (κ1) is 17.0. The van der Waals surface area contributed by atoms with E-state index in [2.05, 4.69) is 59.4 Å². The van der Waals surface area contributed by atoms with Gasteiger partial charge in [-0.05, 0) is 57.4 Å². The largest absolute Gasteiger partial charge is 0.100 e. The molecule has 0 radical (unpaired) electrons. The Morgan fingerprint density at radius 3 is 2.15 bits per heavy atom. The van der Waals surface area contributed by atoms with Crippen LogP contribution < -0.4 is 0 Å². The molecule has 0 heterocycles. The minimum Gasteiger partial charge on any atom is -0.100 e. The molecule has 0 heteroatoms. The predicted molar refractivity (Wildman–Crippen MR) is 91.4 cm³/mol. The van der Waals surface area contributed by atoms with Gasteiger partial charge in [-0.25, -0.2) is 0 Å². The van der Waals surface area contributed by atoms with Crippen LogP contribution in [0.3, 0.4) is 0 Å². The van der Waals surface area contributed by atoms with Gasteiger partial charge < -0.3 is 0 Å². The summed E-state index contributed by atoms with van der Waals surface area (Å²) >= 11 is 0. The Kier molecular flexibility index (Phi) is 7.05. The van der Waals surface area contributed by atoms with E-state index in [1.807, 2.05) is 0 Å². The van der Waals surface area contributed by atoms with Gasteiger partial charge in [0.2, 0.25) is 0 Å². The van der Waals surface area contributed by atoms with Crippen LogP contribution in [0.1, 0.15) is 75.5 Å². The van der Waals surface area contributed by atoms with Crippen LogP contribution in [0.5, 0.6) is 0 Å². The van der Waals surface area contributed by atoms with Crippen LogP contribution in [0.15, 0.2) is 30.4 Å². The van der Waals surface area contributed by atoms with Crippen LogP contribution in [0, 0.1) is 19.8 Å². The van der Waals surface area contributed by atoms with Crippen LogP contribution >= 0.6 is 0 Å². The van der Waals surface area contributed by atoms with Crippen molar-refractivity contribution in [2.45, 2.75) is 72.6 Å². The molecule has 0 fully saturated rings. The Balaban J connectivity index is 2.35. The second-order valence-electron chi connectivity index (χ2n) is 6.85. The van der Waals surface area contributed by atoms with Gasteiger partial charge in [0.25, 0.3) is 0 Å². The first-order valence-corrected chi connectivity index (χ1v) is 8.11. The fourth-order valence-corrected chi connectivity index (χ4v) is 2.87. The maximum atomic E-state index is 3.99. The predicted octanol–water partition coefficient (Wildman–Crippen LogP) is 6.57. The lowest BCUT2D eigenvalue weighted by molar-refractivity contribution is 0.453. The van der Waals surface area contributed by atoms with Gasteiger partial charge in [-0.3, -0.25) is 0 Å². The second-order valence-corrected chi connectivity index (χ2v) is 6.85. The lowest BCUT2D eigenvalue weighted by Crippen LogP contribution is -1.99. The zero-order valence-electron chi connectivity index (χ0n) is 14.1. The van der Waals surface area contributed by atoms with Crippen molar-refractivity contribution in [1.29, 1.82) is 0 Å². The summed E-state index contributed by atoms with van der Waals surface area (Å²) in [5.74, 6) is 1.51. The molecule has 0 aliphatic carbocycles. The zero-order chi connectivity index (χ0) is 15.1. The van der Waals surface area contributed by atoms with Crippen molar-refractivity contribution in [2.24, 2.45) is 5.92 Å². The average molecular weight is 272 g/mol. The molecule has 0 aromatic heterocycles. The van der Waals surface area contributed by atoms with Crippen LogP contribution in [0.2, 0.25) is 0 Å². The van der Waals surface area contributed by atoms with E-state index >= 15 is 0 Å². The van der Waals surface area contributed by atoms with Crippen molar-refractivity contribution in [2.75, 3.05) is 0 Å². The summed E-state index contributed by atoms with van der Waals surface area (Å²) in [6.07, 6.45) is 6.48. The molecule has 1 aromatic carbocycles. The highest BCUT2D eigenvalue weighted by molar-refractivity contribution is 5.30. The molecule has 1 rings (SSSR count). The number of benzene rings is 1. The van der Waals surface area contributed by atoms with Crippen LogP contribution in [0.25, 0.3) is 0 Å². The minimum atomic E-state index is 0.682. The third-order valence-corrected chi connectivity index (χ3v) is 4.21. The molecule has 0 nitrogen and oxygen atoms in total. The van der Waals surface area contributed by atoms with Crippen molar-refractivity contribution in [3.63, 3.8) is 0 Å². The molecular formula is C20H32. The number of allylic oxidation sites excluding steroid dienone is 1. The van der Waals surface area contributed by atoms with Gasteiger partial charge in [-0.1, -0.05) is 61.6 Å². The van der Waals surface area contributed by atoms with E-state index in [1.165, 1.54) is 54.4 Å². The maximum absolute atomic E-state index is 3.99. The maximum Gasteiger partial charge on any atom is -0.0190 e. The fourth-order valence-electron chi connectivity index (χ4n) is 2.87. The molecule has 0 bridgehead atoms. The van der Waals surface area contributed by atoms with E-state index < -0.39 is 0 Å². The first-order valence-electron chi connectivity index (χ1n) is 8.11. The van der Waals surface area contributed by atoms with Gasteiger partial charge in [0, 0.05) is 0 Å². The summed E-state index contributed by atoms with van der Waals surface area (Å²) in [6.45, 7) is 15.3. The molecular weight excluding hydrogens is 240 g/mol. The quantitative estimate of drug-likeness (QED) is 0.469. The topological polar surface area (TPSA) is 0 Å². The SMILES string of the molecule is C=C(C)CC[C@H](C)CCC[C@H](C)c1cc(C)cc(C)c1. The molecule has 0 saturated heterocycles. The van der Waals surface area contributed by atoms with Crippen molar-refractivity contribution in [1.82, 2.24) is 0 Å². The molecule has 0 spiro atoms. The summed E-state index contributed by atoms with van der Waals surface area (Å²) in [5, 5.41) is 0. The molecule has 0 aliphatic rings. The van der Waals surface area contributed by atoms with Crippen molar-refractivity contribution >= 4 is 0 Å². The van der Waals surface area contributed by atoms with Gasteiger partial charge >= 0.3 is 0 Å². The fraction of sp³-hybridized carbons (Fsp3) is 0.600. The molecule has 0 aliphatic heterocycles. The molecule has 0 N–H and O–H groups in total. The van der Waals surface area contributed by atoms with E-state index in [-0.39, 0.29) is 0 Å². The standard InChI is InChI=1S/C20H32/c1-15(2)10-11-16(3)8-7-9-19(6)20-13-17(4)12-18(5)14-20/h12-14,16,19H,1,7-11H2,2-6H3/t16-,19+/m1/s1. The van der Waals surface area contributed by atoms with Gasteiger partial charge in [-0.2, -0.15) is 0 Å². The van der Waals surface area contributed by atoms with Gasteiger partial charge in [0.1, 0.15) is 0 Å². The normalized spacial score (nSPS) is 14.1. The molecule has 2 atom stereocenters.